The zero-order valence-corrected chi connectivity index (χ0v) is 9.17. The van der Waals surface area contributed by atoms with Gasteiger partial charge in [-0.1, -0.05) is 54.6 Å². The van der Waals surface area contributed by atoms with Crippen LogP contribution in [-0.4, -0.2) is 10.2 Å². The highest BCUT2D eigenvalue weighted by Crippen LogP contribution is 2.42. The molecule has 1 aliphatic rings. The smallest absolute Gasteiger partial charge is 0.161 e. The lowest BCUT2D eigenvalue weighted by Gasteiger charge is -2.12. The van der Waals surface area contributed by atoms with Gasteiger partial charge in [-0.2, -0.15) is 0 Å². The Morgan fingerprint density at radius 1 is 0.765 bits per heavy atom. The first-order chi connectivity index (χ1) is 8.29. The van der Waals surface area contributed by atoms with Crippen molar-refractivity contribution in [2.45, 2.75) is 5.92 Å². The Morgan fingerprint density at radius 3 is 2.18 bits per heavy atom. The molecule has 1 unspecified atom stereocenters. The van der Waals surface area contributed by atoms with Gasteiger partial charge in [-0.3, -0.25) is 0 Å². The molecule has 2 N–H and O–H groups in total. The van der Waals surface area contributed by atoms with Crippen LogP contribution in [-0.2, 0) is 0 Å². The Hall–Kier alpha value is -2.22. The van der Waals surface area contributed by atoms with Crippen LogP contribution in [0.25, 0.3) is 5.76 Å². The van der Waals surface area contributed by atoms with E-state index in [-0.39, 0.29) is 17.4 Å². The molecular formula is C15H12O2. The maximum Gasteiger partial charge on any atom is 0.161 e. The van der Waals surface area contributed by atoms with E-state index in [4.69, 9.17) is 0 Å². The van der Waals surface area contributed by atoms with E-state index >= 15 is 0 Å². The van der Waals surface area contributed by atoms with Crippen molar-refractivity contribution in [1.29, 1.82) is 0 Å². The molecule has 0 fully saturated rings. The van der Waals surface area contributed by atoms with E-state index in [0.717, 1.165) is 16.7 Å². The molecule has 2 heteroatoms. The average molecular weight is 224 g/mol. The van der Waals surface area contributed by atoms with Crippen molar-refractivity contribution in [3.8, 4) is 0 Å². The van der Waals surface area contributed by atoms with Crippen molar-refractivity contribution in [1.82, 2.24) is 0 Å². The van der Waals surface area contributed by atoms with Crippen molar-refractivity contribution in [3.05, 3.63) is 77.0 Å². The number of allylic oxidation sites excluding steroid dienone is 1. The molecule has 0 aromatic heterocycles. The van der Waals surface area contributed by atoms with Crippen molar-refractivity contribution in [2.24, 2.45) is 0 Å². The summed E-state index contributed by atoms with van der Waals surface area (Å²) in [6.45, 7) is 0. The summed E-state index contributed by atoms with van der Waals surface area (Å²) in [4.78, 5) is 0. The van der Waals surface area contributed by atoms with Gasteiger partial charge in [0.05, 0.1) is 5.92 Å². The van der Waals surface area contributed by atoms with Crippen LogP contribution in [0.3, 0.4) is 0 Å². The first kappa shape index (κ1) is 9.97. The van der Waals surface area contributed by atoms with Crippen LogP contribution in [0.2, 0.25) is 0 Å². The van der Waals surface area contributed by atoms with E-state index in [0.29, 0.717) is 0 Å². The Morgan fingerprint density at radius 2 is 1.41 bits per heavy atom. The van der Waals surface area contributed by atoms with Gasteiger partial charge in [0.2, 0.25) is 0 Å². The molecule has 0 spiro atoms. The van der Waals surface area contributed by atoms with Crippen LogP contribution in [0.1, 0.15) is 22.6 Å². The van der Waals surface area contributed by atoms with Crippen LogP contribution in [0, 0.1) is 0 Å². The maximum atomic E-state index is 10.1. The van der Waals surface area contributed by atoms with E-state index < -0.39 is 0 Å². The van der Waals surface area contributed by atoms with E-state index in [1.807, 2.05) is 54.6 Å². The number of fused-ring (bicyclic) bond motifs is 1. The second-order valence-corrected chi connectivity index (χ2v) is 4.16. The van der Waals surface area contributed by atoms with E-state index in [1.54, 1.807) is 0 Å². The summed E-state index contributed by atoms with van der Waals surface area (Å²) in [5, 5.41) is 20.0. The number of rotatable bonds is 1. The molecule has 0 bridgehead atoms. The predicted octanol–water partition coefficient (Wildman–Crippen LogP) is 3.62. The zero-order chi connectivity index (χ0) is 11.8. The van der Waals surface area contributed by atoms with Crippen LogP contribution < -0.4 is 0 Å². The van der Waals surface area contributed by atoms with Gasteiger partial charge in [-0.15, -0.1) is 0 Å². The molecule has 17 heavy (non-hydrogen) atoms. The van der Waals surface area contributed by atoms with Gasteiger partial charge in [-0.05, 0) is 11.1 Å². The molecule has 0 heterocycles. The first-order valence-corrected chi connectivity index (χ1v) is 5.55. The van der Waals surface area contributed by atoms with Crippen molar-refractivity contribution < 1.29 is 10.2 Å². The number of aliphatic hydroxyl groups excluding tert-OH is 2. The lowest BCUT2D eigenvalue weighted by molar-refractivity contribution is 0.364. The predicted molar refractivity (Wildman–Crippen MR) is 66.9 cm³/mol. The molecule has 0 aliphatic heterocycles. The molecule has 1 aliphatic carbocycles. The van der Waals surface area contributed by atoms with Crippen molar-refractivity contribution in [2.75, 3.05) is 0 Å². The van der Waals surface area contributed by atoms with Crippen molar-refractivity contribution >= 4 is 5.76 Å². The first-order valence-electron chi connectivity index (χ1n) is 5.55. The highest BCUT2D eigenvalue weighted by molar-refractivity contribution is 5.73. The molecule has 0 radical (unpaired) electrons. The summed E-state index contributed by atoms with van der Waals surface area (Å²) in [5.41, 5.74) is 2.66. The fourth-order valence-corrected chi connectivity index (χ4v) is 2.37. The van der Waals surface area contributed by atoms with Crippen LogP contribution in [0.5, 0.6) is 0 Å². The second kappa shape index (κ2) is 3.67. The molecule has 2 aromatic rings. The third-order valence-electron chi connectivity index (χ3n) is 3.18. The molecule has 3 rings (SSSR count). The number of benzene rings is 2. The van der Waals surface area contributed by atoms with E-state index in [9.17, 15) is 10.2 Å². The monoisotopic (exact) mass is 224 g/mol. The lowest BCUT2D eigenvalue weighted by Crippen LogP contribution is -2.00. The minimum absolute atomic E-state index is 0.00514. The van der Waals surface area contributed by atoms with Gasteiger partial charge in [-0.25, -0.2) is 0 Å². The van der Waals surface area contributed by atoms with Crippen LogP contribution in [0.4, 0.5) is 0 Å². The highest BCUT2D eigenvalue weighted by atomic mass is 16.3. The number of hydrogen-bond acceptors (Lipinski definition) is 2. The fraction of sp³-hybridized carbons (Fsp3) is 0.0667. The van der Waals surface area contributed by atoms with Gasteiger partial charge < -0.3 is 10.2 Å². The van der Waals surface area contributed by atoms with Gasteiger partial charge >= 0.3 is 0 Å². The summed E-state index contributed by atoms with van der Waals surface area (Å²) in [6.07, 6.45) is 0. The second-order valence-electron chi connectivity index (χ2n) is 4.16. The molecule has 2 aromatic carbocycles. The Labute approximate surface area is 99.5 Å². The minimum atomic E-state index is -0.243. The number of aliphatic hydroxyl groups is 2. The van der Waals surface area contributed by atoms with E-state index in [2.05, 4.69) is 0 Å². The molecule has 84 valence electrons. The SMILES string of the molecule is OC1=C(O)C(c2ccccc2)c2ccccc21. The Balaban J connectivity index is 2.20. The van der Waals surface area contributed by atoms with Gasteiger partial charge in [0.15, 0.2) is 5.76 Å². The van der Waals surface area contributed by atoms with Gasteiger partial charge in [0.25, 0.3) is 0 Å². The third-order valence-corrected chi connectivity index (χ3v) is 3.18. The topological polar surface area (TPSA) is 40.5 Å². The standard InChI is InChI=1S/C15H12O2/c16-14-12-9-5-4-8-11(12)13(15(14)17)10-6-2-1-3-7-10/h1-9,13,16-17H. The van der Waals surface area contributed by atoms with Gasteiger partial charge in [0, 0.05) is 5.56 Å². The molecule has 0 saturated heterocycles. The van der Waals surface area contributed by atoms with Crippen molar-refractivity contribution in [3.63, 3.8) is 0 Å². The molecule has 1 atom stereocenters. The molecule has 0 saturated carbocycles. The fourth-order valence-electron chi connectivity index (χ4n) is 2.37. The Bertz CT molecular complexity index is 585. The third kappa shape index (κ3) is 1.41. The number of hydrogen-bond donors (Lipinski definition) is 2. The van der Waals surface area contributed by atoms with Gasteiger partial charge in [0.1, 0.15) is 5.76 Å². The minimum Gasteiger partial charge on any atom is -0.507 e. The molecule has 2 nitrogen and oxygen atoms in total. The maximum absolute atomic E-state index is 10.1. The highest BCUT2D eigenvalue weighted by Gasteiger charge is 2.31. The summed E-state index contributed by atoms with van der Waals surface area (Å²) in [5.74, 6) is -0.209. The molecule has 0 amide bonds. The summed E-state index contributed by atoms with van der Waals surface area (Å²) in [6, 6.07) is 17.2. The largest absolute Gasteiger partial charge is 0.507 e. The average Bonchev–Trinajstić information content (AvgIpc) is 2.64. The summed E-state index contributed by atoms with van der Waals surface area (Å²) in [7, 11) is 0. The van der Waals surface area contributed by atoms with E-state index in [1.165, 1.54) is 0 Å². The van der Waals surface area contributed by atoms with Crippen LogP contribution in [0.15, 0.2) is 60.4 Å². The Kier molecular flexibility index (Phi) is 2.15. The lowest BCUT2D eigenvalue weighted by atomic mass is 9.92. The summed E-state index contributed by atoms with van der Waals surface area (Å²) >= 11 is 0. The van der Waals surface area contributed by atoms with Crippen LogP contribution >= 0.6 is 0 Å². The molecular weight excluding hydrogens is 212 g/mol. The summed E-state index contributed by atoms with van der Waals surface area (Å²) < 4.78 is 0. The normalized spacial score (nSPS) is 18.2. The quantitative estimate of drug-likeness (QED) is 0.776. The zero-order valence-electron chi connectivity index (χ0n) is 9.17.